The molecule has 0 bridgehead atoms. The first kappa shape index (κ1) is 18.6. The van der Waals surface area contributed by atoms with Crippen LogP contribution in [-0.4, -0.2) is 22.0 Å². The minimum atomic E-state index is -0.459. The molecule has 0 N–H and O–H groups in total. The second kappa shape index (κ2) is 7.36. The van der Waals surface area contributed by atoms with E-state index in [-0.39, 0.29) is 5.78 Å². The minimum absolute atomic E-state index is 0.00624. The Balaban J connectivity index is 1.85. The molecule has 0 aliphatic heterocycles. The first-order valence-corrected chi connectivity index (χ1v) is 9.30. The van der Waals surface area contributed by atoms with E-state index in [4.69, 9.17) is 4.84 Å². The number of ketones is 1. The number of rotatable bonds is 4. The van der Waals surface area contributed by atoms with E-state index < -0.39 is 5.97 Å². The third kappa shape index (κ3) is 3.43. The van der Waals surface area contributed by atoms with Crippen LogP contribution in [0.4, 0.5) is 0 Å². The molecule has 1 heterocycles. The van der Waals surface area contributed by atoms with Gasteiger partial charge in [0.1, 0.15) is 0 Å². The van der Waals surface area contributed by atoms with Gasteiger partial charge in [-0.25, -0.2) is 4.79 Å². The molecule has 0 amide bonds. The van der Waals surface area contributed by atoms with E-state index in [0.717, 1.165) is 27.4 Å². The molecule has 0 aliphatic carbocycles. The molecule has 4 rings (SSSR count). The van der Waals surface area contributed by atoms with Crippen LogP contribution in [-0.2, 0) is 16.7 Å². The van der Waals surface area contributed by atoms with Crippen LogP contribution in [0.15, 0.2) is 71.9 Å². The Morgan fingerprint density at radius 2 is 1.38 bits per heavy atom. The maximum atomic E-state index is 12.9. The lowest BCUT2D eigenvalue weighted by Crippen LogP contribution is -2.00. The third-order valence-electron chi connectivity index (χ3n) is 5.03. The first-order valence-electron chi connectivity index (χ1n) is 9.30. The van der Waals surface area contributed by atoms with Gasteiger partial charge >= 0.3 is 5.97 Å². The molecule has 0 spiro atoms. The number of benzene rings is 3. The molecular weight excluding hydrogens is 364 g/mol. The Hall–Kier alpha value is -3.73. The number of nitrogens with zero attached hydrogens (tertiary/aromatic N) is 2. The fourth-order valence-corrected chi connectivity index (χ4v) is 3.53. The quantitative estimate of drug-likeness (QED) is 0.219. The van der Waals surface area contributed by atoms with Crippen molar-refractivity contribution in [1.29, 1.82) is 0 Å². The average Bonchev–Trinajstić information content (AvgIpc) is 3.03. The van der Waals surface area contributed by atoms with Gasteiger partial charge in [0, 0.05) is 46.9 Å². The molecule has 29 heavy (non-hydrogen) atoms. The Bertz CT molecular complexity index is 1280. The minimum Gasteiger partial charge on any atom is -0.344 e. The molecule has 0 saturated carbocycles. The summed E-state index contributed by atoms with van der Waals surface area (Å²) in [5, 5.41) is 5.89. The normalized spacial score (nSPS) is 11.8. The van der Waals surface area contributed by atoms with E-state index in [9.17, 15) is 9.59 Å². The SMILES string of the molecule is CC(=O)O/N=C(\C)c1ccc2c(c1)c1cc(C(=O)c3ccccc3)ccc1n2C. The number of oxime groups is 1. The molecule has 3 aromatic carbocycles. The summed E-state index contributed by atoms with van der Waals surface area (Å²) < 4.78 is 2.10. The predicted octanol–water partition coefficient (Wildman–Crippen LogP) is 4.85. The Morgan fingerprint density at radius 1 is 0.793 bits per heavy atom. The Kier molecular flexibility index (Phi) is 4.72. The molecule has 5 nitrogen and oxygen atoms in total. The van der Waals surface area contributed by atoms with E-state index >= 15 is 0 Å². The van der Waals surface area contributed by atoms with Gasteiger partial charge in [-0.2, -0.15) is 0 Å². The highest BCUT2D eigenvalue weighted by Gasteiger charge is 2.14. The summed E-state index contributed by atoms with van der Waals surface area (Å²) >= 11 is 0. The number of aryl methyl sites for hydroxylation is 1. The number of hydrogen-bond donors (Lipinski definition) is 0. The molecular formula is C24H20N2O3. The van der Waals surface area contributed by atoms with Crippen molar-refractivity contribution in [2.45, 2.75) is 13.8 Å². The van der Waals surface area contributed by atoms with Crippen molar-refractivity contribution in [2.24, 2.45) is 12.2 Å². The van der Waals surface area contributed by atoms with E-state index in [2.05, 4.69) is 9.72 Å². The molecule has 0 saturated heterocycles. The smallest absolute Gasteiger partial charge is 0.331 e. The molecule has 0 radical (unpaired) electrons. The maximum absolute atomic E-state index is 12.9. The standard InChI is InChI=1S/C24H20N2O3/c1-15(25-29-16(2)27)18-9-11-22-20(13-18)21-14-19(10-12-23(21)26(22)3)24(28)17-7-5-4-6-8-17/h4-14H,1-3H3/b25-15+. The highest BCUT2D eigenvalue weighted by molar-refractivity contribution is 6.15. The Labute approximate surface area is 168 Å². The van der Waals surface area contributed by atoms with E-state index in [1.165, 1.54) is 6.92 Å². The predicted molar refractivity (Wildman–Crippen MR) is 114 cm³/mol. The van der Waals surface area contributed by atoms with Crippen LogP contribution in [0.3, 0.4) is 0 Å². The van der Waals surface area contributed by atoms with Crippen LogP contribution in [0.5, 0.6) is 0 Å². The van der Waals surface area contributed by atoms with Gasteiger partial charge in [0.2, 0.25) is 0 Å². The van der Waals surface area contributed by atoms with Crippen LogP contribution >= 0.6 is 0 Å². The van der Waals surface area contributed by atoms with Gasteiger partial charge in [0.05, 0.1) is 5.71 Å². The number of aromatic nitrogens is 1. The van der Waals surface area contributed by atoms with E-state index in [0.29, 0.717) is 16.8 Å². The highest BCUT2D eigenvalue weighted by atomic mass is 16.7. The fourth-order valence-electron chi connectivity index (χ4n) is 3.53. The number of fused-ring (bicyclic) bond motifs is 3. The molecule has 5 heteroatoms. The molecule has 0 atom stereocenters. The van der Waals surface area contributed by atoms with Crippen LogP contribution in [0, 0.1) is 0 Å². The summed E-state index contributed by atoms with van der Waals surface area (Å²) in [6, 6.07) is 21.0. The van der Waals surface area contributed by atoms with Crippen molar-refractivity contribution < 1.29 is 14.4 Å². The van der Waals surface area contributed by atoms with Crippen molar-refractivity contribution in [3.63, 3.8) is 0 Å². The van der Waals surface area contributed by atoms with Gasteiger partial charge in [-0.1, -0.05) is 41.6 Å². The van der Waals surface area contributed by atoms with Crippen molar-refractivity contribution in [3.8, 4) is 0 Å². The largest absolute Gasteiger partial charge is 0.344 e. The van der Waals surface area contributed by atoms with Gasteiger partial charge in [-0.3, -0.25) is 4.79 Å². The summed E-state index contributed by atoms with van der Waals surface area (Å²) in [6.45, 7) is 3.11. The van der Waals surface area contributed by atoms with Crippen LogP contribution < -0.4 is 0 Å². The second-order valence-corrected chi connectivity index (χ2v) is 6.98. The van der Waals surface area contributed by atoms with Gasteiger partial charge in [0.15, 0.2) is 5.78 Å². The number of carbonyl (C=O) groups is 2. The lowest BCUT2D eigenvalue weighted by atomic mass is 10.0. The molecule has 4 aromatic rings. The van der Waals surface area contributed by atoms with Crippen molar-refractivity contribution in [1.82, 2.24) is 4.57 Å². The molecule has 144 valence electrons. The van der Waals surface area contributed by atoms with Gasteiger partial charge < -0.3 is 9.40 Å². The average molecular weight is 384 g/mol. The first-order chi connectivity index (χ1) is 14.0. The summed E-state index contributed by atoms with van der Waals surface area (Å²) in [5.74, 6) is -0.465. The van der Waals surface area contributed by atoms with Crippen molar-refractivity contribution >= 4 is 39.3 Å². The lowest BCUT2D eigenvalue weighted by molar-refractivity contribution is -0.140. The zero-order valence-corrected chi connectivity index (χ0v) is 16.5. The molecule has 1 aromatic heterocycles. The summed E-state index contributed by atoms with van der Waals surface area (Å²) in [5.41, 5.74) is 4.86. The number of carbonyl (C=O) groups excluding carboxylic acids is 2. The topological polar surface area (TPSA) is 60.7 Å². The monoisotopic (exact) mass is 384 g/mol. The van der Waals surface area contributed by atoms with E-state index in [1.54, 1.807) is 6.92 Å². The fraction of sp³-hybridized carbons (Fsp3) is 0.125. The zero-order valence-electron chi connectivity index (χ0n) is 16.5. The van der Waals surface area contributed by atoms with Gasteiger partial charge in [-0.15, -0.1) is 0 Å². The van der Waals surface area contributed by atoms with Gasteiger partial charge in [0.25, 0.3) is 0 Å². The Morgan fingerprint density at radius 3 is 2.00 bits per heavy atom. The maximum Gasteiger partial charge on any atom is 0.331 e. The third-order valence-corrected chi connectivity index (χ3v) is 5.03. The van der Waals surface area contributed by atoms with Gasteiger partial charge in [-0.05, 0) is 42.8 Å². The summed E-state index contributed by atoms with van der Waals surface area (Å²) in [4.78, 5) is 28.7. The van der Waals surface area contributed by atoms with E-state index in [1.807, 2.05) is 73.8 Å². The molecule has 0 unspecified atom stereocenters. The van der Waals surface area contributed by atoms with Crippen molar-refractivity contribution in [3.05, 3.63) is 83.4 Å². The molecule has 0 fully saturated rings. The summed E-state index contributed by atoms with van der Waals surface area (Å²) in [7, 11) is 2.00. The number of hydrogen-bond acceptors (Lipinski definition) is 4. The molecule has 0 aliphatic rings. The van der Waals surface area contributed by atoms with Crippen LogP contribution in [0.2, 0.25) is 0 Å². The van der Waals surface area contributed by atoms with Crippen LogP contribution in [0.1, 0.15) is 35.3 Å². The highest BCUT2D eigenvalue weighted by Crippen LogP contribution is 2.30. The zero-order chi connectivity index (χ0) is 20.5. The summed E-state index contributed by atoms with van der Waals surface area (Å²) in [6.07, 6.45) is 0. The van der Waals surface area contributed by atoms with Crippen molar-refractivity contribution in [2.75, 3.05) is 0 Å². The lowest BCUT2D eigenvalue weighted by Gasteiger charge is -2.03. The second-order valence-electron chi connectivity index (χ2n) is 6.98. The van der Waals surface area contributed by atoms with Crippen LogP contribution in [0.25, 0.3) is 21.8 Å².